The maximum absolute atomic E-state index is 12.7. The first kappa shape index (κ1) is 71.6. The summed E-state index contributed by atoms with van der Waals surface area (Å²) in [5.74, 6) is -0.987. The highest BCUT2D eigenvalue weighted by Gasteiger charge is 2.26. The summed E-state index contributed by atoms with van der Waals surface area (Å²) >= 11 is 0. The lowest BCUT2D eigenvalue weighted by molar-refractivity contribution is -0.161. The Morgan fingerprint density at radius 2 is 0.701 bits per heavy atom. The summed E-state index contributed by atoms with van der Waals surface area (Å²) in [6.07, 6.45) is 93.3. The second-order valence-corrected chi connectivity index (χ2v) is 19.1. The highest BCUT2D eigenvalue weighted by molar-refractivity contribution is 7.47. The molecule has 0 aliphatic heterocycles. The first-order chi connectivity index (χ1) is 37.8. The zero-order valence-corrected chi connectivity index (χ0v) is 48.2. The van der Waals surface area contributed by atoms with E-state index in [9.17, 15) is 19.0 Å². The lowest BCUT2D eigenvalue weighted by atomic mass is 10.1. The predicted octanol–water partition coefficient (Wildman–Crippen LogP) is 18.4. The lowest BCUT2D eigenvalue weighted by Crippen LogP contribution is -2.29. The van der Waals surface area contributed by atoms with Crippen LogP contribution in [0.5, 0.6) is 0 Å². The Bertz CT molecular complexity index is 2000. The van der Waals surface area contributed by atoms with Crippen molar-refractivity contribution in [2.24, 2.45) is 5.73 Å². The van der Waals surface area contributed by atoms with Gasteiger partial charge in [0.25, 0.3) is 0 Å². The maximum atomic E-state index is 12.7. The Hall–Kier alpha value is -5.41. The van der Waals surface area contributed by atoms with Gasteiger partial charge in [-0.1, -0.05) is 227 Å². The zero-order valence-electron chi connectivity index (χ0n) is 47.3. The molecule has 2 atom stereocenters. The summed E-state index contributed by atoms with van der Waals surface area (Å²) in [6.45, 7) is 3.34. The van der Waals surface area contributed by atoms with E-state index in [4.69, 9.17) is 24.3 Å². The minimum atomic E-state index is -4.43. The fourth-order valence-electron chi connectivity index (χ4n) is 6.55. The molecule has 0 rings (SSSR count). The quantitative estimate of drug-likeness (QED) is 0.0264. The van der Waals surface area contributed by atoms with E-state index in [-0.39, 0.29) is 32.6 Å². The minimum Gasteiger partial charge on any atom is -0.462 e. The van der Waals surface area contributed by atoms with Gasteiger partial charge >= 0.3 is 19.8 Å². The molecule has 0 aliphatic carbocycles. The highest BCUT2D eigenvalue weighted by Crippen LogP contribution is 2.43. The molecule has 77 heavy (non-hydrogen) atoms. The molecule has 10 heteroatoms. The van der Waals surface area contributed by atoms with Gasteiger partial charge in [0.15, 0.2) is 6.10 Å². The summed E-state index contributed by atoms with van der Waals surface area (Å²) in [5.41, 5.74) is 5.37. The van der Waals surface area contributed by atoms with Gasteiger partial charge in [0, 0.05) is 19.4 Å². The van der Waals surface area contributed by atoms with Crippen LogP contribution in [0.4, 0.5) is 0 Å². The molecule has 0 aromatic carbocycles. The van der Waals surface area contributed by atoms with Crippen molar-refractivity contribution in [2.45, 2.75) is 174 Å². The topological polar surface area (TPSA) is 134 Å². The van der Waals surface area contributed by atoms with Gasteiger partial charge in [-0.05, 0) is 135 Å². The van der Waals surface area contributed by atoms with Crippen LogP contribution < -0.4 is 5.73 Å². The third kappa shape index (κ3) is 59.7. The number of nitrogens with two attached hydrogens (primary N) is 1. The monoisotopic (exact) mass is 1080 g/mol. The number of carbonyl (C=O) groups excluding carboxylic acids is 2. The molecule has 3 N–H and O–H groups in total. The molecule has 0 aromatic heterocycles. The van der Waals surface area contributed by atoms with Crippen LogP contribution in [0.15, 0.2) is 207 Å². The number of ether oxygens (including phenoxy) is 2. The van der Waals surface area contributed by atoms with E-state index in [2.05, 4.69) is 208 Å². The van der Waals surface area contributed by atoms with E-state index in [0.29, 0.717) is 12.8 Å². The molecule has 0 fully saturated rings. The number of hydrogen-bond acceptors (Lipinski definition) is 8. The highest BCUT2D eigenvalue weighted by atomic mass is 31.2. The average Bonchev–Trinajstić information content (AvgIpc) is 3.42. The predicted molar refractivity (Wildman–Crippen MR) is 329 cm³/mol. The molecule has 426 valence electrons. The first-order valence-electron chi connectivity index (χ1n) is 28.6. The Balaban J connectivity index is 4.21. The van der Waals surface area contributed by atoms with Crippen molar-refractivity contribution < 1.29 is 37.6 Å². The van der Waals surface area contributed by atoms with E-state index in [1.807, 2.05) is 12.2 Å². The molecule has 9 nitrogen and oxygen atoms in total. The zero-order chi connectivity index (χ0) is 55.9. The Morgan fingerprint density at radius 3 is 1.03 bits per heavy atom. The fraction of sp³-hybridized carbons (Fsp3) is 0.463. The molecule has 0 saturated carbocycles. The Kier molecular flexibility index (Phi) is 55.6. The Labute approximate surface area is 468 Å². The van der Waals surface area contributed by atoms with Gasteiger partial charge < -0.3 is 20.1 Å². The largest absolute Gasteiger partial charge is 0.472 e. The van der Waals surface area contributed by atoms with Crippen molar-refractivity contribution in [1.82, 2.24) is 0 Å². The number of phosphoric ester groups is 1. The second kappa shape index (κ2) is 59.8. The van der Waals surface area contributed by atoms with Crippen molar-refractivity contribution in [3.05, 3.63) is 207 Å². The van der Waals surface area contributed by atoms with Crippen molar-refractivity contribution >= 4 is 19.8 Å². The SMILES string of the molecule is CC/C=C\C/C=C\C/C=C\C/C=C\C/C=C\C/C=C\C/C=C\C/C=C\C/C=C\C/C=C\C/C=C\CCCCCC(=O)OC(COC(=O)CC/C=C\C/C=C\C/C=C\C/C=C\C/C=C\C/C=C\CC)COP(=O)(O)OCCN. The number of unbranched alkanes of at least 4 members (excludes halogenated alkanes) is 3. The van der Waals surface area contributed by atoms with Gasteiger partial charge in [0.2, 0.25) is 0 Å². The molecule has 0 radical (unpaired) electrons. The lowest BCUT2D eigenvalue weighted by Gasteiger charge is -2.19. The van der Waals surface area contributed by atoms with E-state index < -0.39 is 32.5 Å². The molecule has 2 unspecified atom stereocenters. The summed E-state index contributed by atoms with van der Waals surface area (Å²) in [5, 5.41) is 0. The van der Waals surface area contributed by atoms with Gasteiger partial charge in [0.05, 0.1) is 13.2 Å². The van der Waals surface area contributed by atoms with Crippen molar-refractivity contribution in [2.75, 3.05) is 26.4 Å². The van der Waals surface area contributed by atoms with Gasteiger partial charge in [-0.25, -0.2) is 4.57 Å². The maximum Gasteiger partial charge on any atom is 0.472 e. The Morgan fingerprint density at radius 1 is 0.390 bits per heavy atom. The van der Waals surface area contributed by atoms with Crippen LogP contribution in [0.1, 0.15) is 168 Å². The number of hydrogen-bond donors (Lipinski definition) is 2. The standard InChI is InChI=1S/C67H100NO8P/c1-3-5-7-9-11-13-15-17-19-21-23-24-25-26-27-28-29-30-31-32-33-34-35-36-37-38-39-40-42-44-46-48-50-52-54-56-58-60-67(70)76-65(64-75-77(71,72)74-62-61-68)63-73-66(69)59-57-55-53-51-49-47-45-43-41-22-20-18-16-14-12-10-8-6-4-2/h5-8,11-14,17-20,23-24,26-27,29-30,32-33,35-36,38-39,41-44,47-50,53,55,65H,3-4,9-10,15-16,21-22,25,28,31,34,37,40,45-46,51-52,54,56-64,68H2,1-2H3,(H,71,72)/b7-5-,8-6-,13-11-,14-12-,19-17-,20-18-,24-23-,27-26-,30-29-,33-32-,36-35-,39-38-,43-41-,44-42-,49-47-,50-48-,55-53-. The van der Waals surface area contributed by atoms with Gasteiger partial charge in [0.1, 0.15) is 6.61 Å². The van der Waals surface area contributed by atoms with Crippen LogP contribution in [0.2, 0.25) is 0 Å². The number of esters is 2. The molecule has 0 aliphatic rings. The number of allylic oxidation sites excluding steroid dienone is 34. The third-order valence-electron chi connectivity index (χ3n) is 10.7. The van der Waals surface area contributed by atoms with Gasteiger partial charge in [-0.2, -0.15) is 0 Å². The van der Waals surface area contributed by atoms with Gasteiger partial charge in [-0.3, -0.25) is 18.6 Å². The van der Waals surface area contributed by atoms with E-state index in [1.54, 1.807) is 0 Å². The summed E-state index contributed by atoms with van der Waals surface area (Å²) in [7, 11) is -4.43. The second-order valence-electron chi connectivity index (χ2n) is 17.7. The average molecular weight is 1080 g/mol. The van der Waals surface area contributed by atoms with Crippen molar-refractivity contribution in [1.29, 1.82) is 0 Å². The number of rotatable bonds is 50. The molecule has 0 bridgehead atoms. The number of carbonyl (C=O) groups is 2. The smallest absolute Gasteiger partial charge is 0.462 e. The van der Waals surface area contributed by atoms with Crippen LogP contribution in [0.25, 0.3) is 0 Å². The van der Waals surface area contributed by atoms with Crippen LogP contribution in [-0.2, 0) is 32.7 Å². The molecule has 0 amide bonds. The van der Waals surface area contributed by atoms with Crippen LogP contribution in [-0.4, -0.2) is 49.3 Å². The minimum absolute atomic E-state index is 0.0255. The molecule has 0 heterocycles. The van der Waals surface area contributed by atoms with E-state index in [0.717, 1.165) is 128 Å². The normalized spacial score (nSPS) is 14.6. The number of phosphoric acid groups is 1. The van der Waals surface area contributed by atoms with E-state index >= 15 is 0 Å². The summed E-state index contributed by atoms with van der Waals surface area (Å²) < 4.78 is 32.8. The van der Waals surface area contributed by atoms with Gasteiger partial charge in [-0.15, -0.1) is 0 Å². The van der Waals surface area contributed by atoms with Crippen LogP contribution >= 0.6 is 7.82 Å². The molecular formula is C67H100NO8P. The first-order valence-corrected chi connectivity index (χ1v) is 30.1. The van der Waals surface area contributed by atoms with Crippen molar-refractivity contribution in [3.63, 3.8) is 0 Å². The summed E-state index contributed by atoms with van der Waals surface area (Å²) in [6, 6.07) is 0. The molecular weight excluding hydrogens is 978 g/mol. The molecule has 0 spiro atoms. The summed E-state index contributed by atoms with van der Waals surface area (Å²) in [4.78, 5) is 35.1. The molecule has 0 aromatic rings. The van der Waals surface area contributed by atoms with Crippen LogP contribution in [0.3, 0.4) is 0 Å². The molecule has 0 saturated heterocycles. The van der Waals surface area contributed by atoms with Crippen molar-refractivity contribution in [3.8, 4) is 0 Å². The van der Waals surface area contributed by atoms with E-state index in [1.165, 1.54) is 0 Å². The fourth-order valence-corrected chi connectivity index (χ4v) is 7.31. The third-order valence-corrected chi connectivity index (χ3v) is 11.7. The van der Waals surface area contributed by atoms with Crippen LogP contribution in [0, 0.1) is 0 Å².